The molecule has 1 atom stereocenters. The minimum Gasteiger partial charge on any atom is -0.497 e. The number of anilines is 1. The number of nitrogens with zero attached hydrogens (tertiary/aromatic N) is 1. The zero-order valence-electron chi connectivity index (χ0n) is 18.4. The molecule has 33 heavy (non-hydrogen) atoms. The van der Waals surface area contributed by atoms with Crippen molar-refractivity contribution >= 4 is 44.8 Å². The van der Waals surface area contributed by atoms with Gasteiger partial charge >= 0.3 is 0 Å². The number of carbonyl (C=O) groups is 1. The molecule has 0 saturated heterocycles. The summed E-state index contributed by atoms with van der Waals surface area (Å²) in [6.45, 7) is 1.85. The van der Waals surface area contributed by atoms with Crippen LogP contribution in [0.15, 0.2) is 66.7 Å². The zero-order chi connectivity index (χ0) is 24.2. The Morgan fingerprint density at radius 1 is 1.00 bits per heavy atom. The molecule has 0 unspecified atom stereocenters. The number of hydrogen-bond acceptors (Lipinski definition) is 4. The highest BCUT2D eigenvalue weighted by Crippen LogP contribution is 2.29. The molecule has 0 bridgehead atoms. The molecule has 3 aromatic carbocycles. The maximum Gasteiger partial charge on any atom is 0.251 e. The van der Waals surface area contributed by atoms with E-state index < -0.39 is 10.0 Å². The Labute approximate surface area is 204 Å². The number of benzene rings is 3. The fourth-order valence-corrected chi connectivity index (χ4v) is 4.65. The molecule has 0 aliphatic carbocycles. The van der Waals surface area contributed by atoms with E-state index in [2.05, 4.69) is 5.32 Å². The second kappa shape index (κ2) is 10.5. The second-order valence-corrected chi connectivity index (χ2v) is 10.2. The summed E-state index contributed by atoms with van der Waals surface area (Å²) in [7, 11) is -2.04. The van der Waals surface area contributed by atoms with E-state index in [1.165, 1.54) is 4.31 Å². The molecule has 1 N–H and O–H groups in total. The fraction of sp³-hybridized carbons (Fsp3) is 0.208. The molecule has 3 aromatic rings. The molecular weight excluding hydrogens is 483 g/mol. The Bertz CT molecular complexity index is 1210. The van der Waals surface area contributed by atoms with Crippen LogP contribution in [0.1, 0.15) is 34.5 Å². The summed E-state index contributed by atoms with van der Waals surface area (Å²) in [4.78, 5) is 12.7. The van der Waals surface area contributed by atoms with Crippen molar-refractivity contribution in [2.45, 2.75) is 19.5 Å². The molecule has 0 aromatic heterocycles. The van der Waals surface area contributed by atoms with Gasteiger partial charge in [0.05, 0.1) is 31.6 Å². The molecule has 9 heteroatoms. The normalized spacial score (nSPS) is 12.2. The third kappa shape index (κ3) is 6.19. The van der Waals surface area contributed by atoms with Gasteiger partial charge in [0.1, 0.15) is 5.75 Å². The highest BCUT2D eigenvalue weighted by Gasteiger charge is 2.21. The number of rotatable bonds is 8. The Kier molecular flexibility index (Phi) is 7.89. The molecule has 0 fully saturated rings. The number of sulfonamides is 1. The van der Waals surface area contributed by atoms with Crippen molar-refractivity contribution in [2.24, 2.45) is 0 Å². The predicted octanol–water partition coefficient (Wildman–Crippen LogP) is 5.46. The Morgan fingerprint density at radius 3 is 2.09 bits per heavy atom. The summed E-state index contributed by atoms with van der Waals surface area (Å²) in [5, 5.41) is 3.69. The van der Waals surface area contributed by atoms with E-state index in [1.807, 2.05) is 31.2 Å². The molecule has 0 heterocycles. The first-order valence-corrected chi connectivity index (χ1v) is 12.7. The van der Waals surface area contributed by atoms with Gasteiger partial charge in [0.25, 0.3) is 5.91 Å². The van der Waals surface area contributed by atoms with Crippen molar-refractivity contribution in [3.63, 3.8) is 0 Å². The van der Waals surface area contributed by atoms with Crippen LogP contribution in [0.25, 0.3) is 0 Å². The number of carbonyl (C=O) groups excluding carboxylic acids is 1. The Balaban J connectivity index is 1.78. The van der Waals surface area contributed by atoms with Gasteiger partial charge in [0, 0.05) is 21.2 Å². The van der Waals surface area contributed by atoms with Crippen LogP contribution in [0, 0.1) is 0 Å². The summed E-state index contributed by atoms with van der Waals surface area (Å²) in [6, 6.07) is 18.5. The lowest BCUT2D eigenvalue weighted by atomic mass is 10.1. The van der Waals surface area contributed by atoms with Crippen LogP contribution in [0.2, 0.25) is 10.0 Å². The first kappa shape index (κ1) is 24.9. The van der Waals surface area contributed by atoms with Crippen molar-refractivity contribution < 1.29 is 17.9 Å². The molecule has 6 nitrogen and oxygen atoms in total. The minimum atomic E-state index is -3.64. The number of methoxy groups -OCH3 is 1. The lowest BCUT2D eigenvalue weighted by Gasteiger charge is -2.24. The predicted molar refractivity (Wildman–Crippen MR) is 133 cm³/mol. The van der Waals surface area contributed by atoms with Gasteiger partial charge in [-0.3, -0.25) is 9.10 Å². The molecule has 0 radical (unpaired) electrons. The van der Waals surface area contributed by atoms with Crippen molar-refractivity contribution in [3.05, 3.63) is 93.5 Å². The summed E-state index contributed by atoms with van der Waals surface area (Å²) >= 11 is 12.5. The first-order valence-electron chi connectivity index (χ1n) is 10.1. The lowest BCUT2D eigenvalue weighted by Crippen LogP contribution is -2.30. The van der Waals surface area contributed by atoms with Gasteiger partial charge in [-0.15, -0.1) is 0 Å². The van der Waals surface area contributed by atoms with Crippen LogP contribution < -0.4 is 14.4 Å². The van der Waals surface area contributed by atoms with Gasteiger partial charge in [0.15, 0.2) is 0 Å². The van der Waals surface area contributed by atoms with E-state index in [9.17, 15) is 13.2 Å². The highest BCUT2D eigenvalue weighted by atomic mass is 35.5. The first-order chi connectivity index (χ1) is 15.6. The number of hydrogen-bond donors (Lipinski definition) is 1. The summed E-state index contributed by atoms with van der Waals surface area (Å²) in [6.07, 6.45) is 1.11. The topological polar surface area (TPSA) is 75.7 Å². The van der Waals surface area contributed by atoms with Crippen molar-refractivity contribution in [3.8, 4) is 5.75 Å². The second-order valence-electron chi connectivity index (χ2n) is 7.49. The van der Waals surface area contributed by atoms with Crippen molar-refractivity contribution in [1.29, 1.82) is 0 Å². The molecular formula is C24H24Cl2N2O4S. The number of amides is 1. The largest absolute Gasteiger partial charge is 0.497 e. The van der Waals surface area contributed by atoms with Gasteiger partial charge in [-0.1, -0.05) is 41.4 Å². The molecule has 0 aliphatic rings. The summed E-state index contributed by atoms with van der Waals surface area (Å²) in [5.74, 6) is 0.464. The monoisotopic (exact) mass is 506 g/mol. The number of ether oxygens (including phenoxy) is 1. The fourth-order valence-electron chi connectivity index (χ4n) is 3.26. The molecule has 1 amide bonds. The quantitative estimate of drug-likeness (QED) is 0.440. The molecule has 0 aliphatic heterocycles. The van der Waals surface area contributed by atoms with Gasteiger partial charge in [-0.25, -0.2) is 8.42 Å². The number of halogens is 2. The maximum absolute atomic E-state index is 12.7. The molecule has 0 saturated carbocycles. The third-order valence-electron chi connectivity index (χ3n) is 5.14. The van der Waals surface area contributed by atoms with Crippen LogP contribution in [0.5, 0.6) is 5.75 Å². The van der Waals surface area contributed by atoms with Crippen LogP contribution in [-0.2, 0) is 16.6 Å². The Hall–Kier alpha value is -2.74. The standard InChI is InChI=1S/C24H24Cl2N2O4S/c1-16(17-9-13-20(32-2)14-10-17)27-24(29)18-7-11-19(12-8-18)28(33(3,30)31)15-21-22(25)5-4-6-23(21)26/h4-14,16H,15H2,1-3H3,(H,27,29)/t16-/m1/s1. The van der Waals surface area contributed by atoms with E-state index in [4.69, 9.17) is 27.9 Å². The van der Waals surface area contributed by atoms with E-state index in [1.54, 1.807) is 49.6 Å². The summed E-state index contributed by atoms with van der Waals surface area (Å²) in [5.41, 5.74) is 2.23. The van der Waals surface area contributed by atoms with E-state index >= 15 is 0 Å². The van der Waals surface area contributed by atoms with Crippen LogP contribution in [0.3, 0.4) is 0 Å². The zero-order valence-corrected chi connectivity index (χ0v) is 20.7. The van der Waals surface area contributed by atoms with Crippen LogP contribution >= 0.6 is 23.2 Å². The maximum atomic E-state index is 12.7. The van der Waals surface area contributed by atoms with Crippen LogP contribution in [-0.4, -0.2) is 27.7 Å². The van der Waals surface area contributed by atoms with Gasteiger partial charge in [-0.2, -0.15) is 0 Å². The summed E-state index contributed by atoms with van der Waals surface area (Å²) < 4.78 is 31.3. The van der Waals surface area contributed by atoms with E-state index in [0.717, 1.165) is 17.6 Å². The smallest absolute Gasteiger partial charge is 0.251 e. The van der Waals surface area contributed by atoms with Gasteiger partial charge in [-0.05, 0) is 61.0 Å². The molecule has 174 valence electrons. The third-order valence-corrected chi connectivity index (χ3v) is 6.99. The van der Waals surface area contributed by atoms with Crippen molar-refractivity contribution in [1.82, 2.24) is 5.32 Å². The SMILES string of the molecule is COc1ccc([C@@H](C)NC(=O)c2ccc(N(Cc3c(Cl)cccc3Cl)S(C)(=O)=O)cc2)cc1. The average Bonchev–Trinajstić information content (AvgIpc) is 2.78. The van der Waals surface area contributed by atoms with E-state index in [-0.39, 0.29) is 18.5 Å². The molecule has 3 rings (SSSR count). The minimum absolute atomic E-state index is 0.0304. The average molecular weight is 507 g/mol. The van der Waals surface area contributed by atoms with Crippen LogP contribution in [0.4, 0.5) is 5.69 Å². The highest BCUT2D eigenvalue weighted by molar-refractivity contribution is 7.92. The van der Waals surface area contributed by atoms with Gasteiger partial charge < -0.3 is 10.1 Å². The molecule has 0 spiro atoms. The number of nitrogens with one attached hydrogen (secondary N) is 1. The van der Waals surface area contributed by atoms with E-state index in [0.29, 0.717) is 26.9 Å². The lowest BCUT2D eigenvalue weighted by molar-refractivity contribution is 0.0940. The van der Waals surface area contributed by atoms with Gasteiger partial charge in [0.2, 0.25) is 10.0 Å². The van der Waals surface area contributed by atoms with Crippen molar-refractivity contribution in [2.75, 3.05) is 17.7 Å². The Morgan fingerprint density at radius 2 is 1.58 bits per heavy atom.